The van der Waals surface area contributed by atoms with Crippen LogP contribution in [0.2, 0.25) is 0 Å². The molecule has 0 saturated carbocycles. The van der Waals surface area contributed by atoms with Crippen molar-refractivity contribution in [3.63, 3.8) is 0 Å². The molecule has 1 aromatic rings. The second-order valence-corrected chi connectivity index (χ2v) is 6.38. The Bertz CT molecular complexity index is 346. The first-order valence-corrected chi connectivity index (χ1v) is 6.71. The van der Waals surface area contributed by atoms with Crippen molar-refractivity contribution in [2.45, 2.75) is 33.4 Å². The van der Waals surface area contributed by atoms with E-state index in [0.29, 0.717) is 0 Å². The Morgan fingerprint density at radius 1 is 1.29 bits per heavy atom. The highest BCUT2D eigenvalue weighted by Gasteiger charge is 2.25. The average molecular weight is 300 g/mol. The first-order valence-electron chi connectivity index (χ1n) is 5.92. The number of hydrogen-bond donors (Lipinski definition) is 1. The van der Waals surface area contributed by atoms with Crippen molar-refractivity contribution in [2.24, 2.45) is 5.41 Å². The average Bonchev–Trinajstić information content (AvgIpc) is 2.20. The fourth-order valence-electron chi connectivity index (χ4n) is 1.79. The van der Waals surface area contributed by atoms with Gasteiger partial charge < -0.3 is 10.0 Å². The van der Waals surface area contributed by atoms with Gasteiger partial charge in [-0.1, -0.05) is 41.9 Å². The monoisotopic (exact) mass is 299 g/mol. The van der Waals surface area contributed by atoms with Crippen molar-refractivity contribution in [3.05, 3.63) is 34.3 Å². The lowest BCUT2D eigenvalue weighted by Crippen LogP contribution is -2.38. The number of nitrogens with zero attached hydrogens (tertiary/aromatic N) is 1. The molecule has 0 heterocycles. The lowest BCUT2D eigenvalue weighted by Gasteiger charge is -2.32. The van der Waals surface area contributed by atoms with Gasteiger partial charge in [0.05, 0.1) is 6.10 Å². The molecule has 0 aliphatic rings. The maximum Gasteiger partial charge on any atom is 0.0575 e. The summed E-state index contributed by atoms with van der Waals surface area (Å²) in [6, 6.07) is 8.36. The molecule has 2 nitrogen and oxygen atoms in total. The van der Waals surface area contributed by atoms with Crippen LogP contribution in [0.25, 0.3) is 0 Å². The van der Waals surface area contributed by atoms with Crippen molar-refractivity contribution < 1.29 is 5.11 Å². The molecule has 0 spiro atoms. The van der Waals surface area contributed by atoms with Crippen LogP contribution in [0.1, 0.15) is 26.3 Å². The zero-order chi connectivity index (χ0) is 13.1. The van der Waals surface area contributed by atoms with E-state index in [4.69, 9.17) is 0 Å². The summed E-state index contributed by atoms with van der Waals surface area (Å²) in [4.78, 5) is 2.25. The molecule has 0 fully saturated rings. The Kier molecular flexibility index (Phi) is 5.17. The molecule has 0 aromatic heterocycles. The molecule has 0 bridgehead atoms. The molecule has 1 N–H and O–H groups in total. The van der Waals surface area contributed by atoms with Gasteiger partial charge in [-0.25, -0.2) is 0 Å². The fourth-order valence-corrected chi connectivity index (χ4v) is 2.05. The van der Waals surface area contributed by atoms with Gasteiger partial charge in [0.15, 0.2) is 0 Å². The largest absolute Gasteiger partial charge is 0.393 e. The summed E-state index contributed by atoms with van der Waals surface area (Å²) < 4.78 is 1.10. The number of rotatable bonds is 5. The van der Waals surface area contributed by atoms with Crippen LogP contribution >= 0.6 is 15.9 Å². The smallest absolute Gasteiger partial charge is 0.0575 e. The normalized spacial score (nSPS) is 14.1. The summed E-state index contributed by atoms with van der Waals surface area (Å²) in [6.45, 7) is 7.82. The highest BCUT2D eigenvalue weighted by molar-refractivity contribution is 9.10. The molecular weight excluding hydrogens is 278 g/mol. The van der Waals surface area contributed by atoms with Crippen LogP contribution < -0.4 is 0 Å². The Hall–Kier alpha value is -0.380. The molecule has 0 radical (unpaired) electrons. The van der Waals surface area contributed by atoms with Crippen molar-refractivity contribution >= 4 is 15.9 Å². The second kappa shape index (κ2) is 5.98. The maximum absolute atomic E-state index is 9.70. The van der Waals surface area contributed by atoms with E-state index in [2.05, 4.69) is 66.0 Å². The molecule has 1 rings (SSSR count). The van der Waals surface area contributed by atoms with Gasteiger partial charge in [-0.05, 0) is 31.7 Å². The van der Waals surface area contributed by atoms with Gasteiger partial charge in [0.2, 0.25) is 0 Å². The van der Waals surface area contributed by atoms with Gasteiger partial charge in [0.1, 0.15) is 0 Å². The first-order chi connectivity index (χ1) is 7.81. The summed E-state index contributed by atoms with van der Waals surface area (Å²) in [6.07, 6.45) is -0.296. The van der Waals surface area contributed by atoms with Crippen LogP contribution in [0.4, 0.5) is 0 Å². The summed E-state index contributed by atoms with van der Waals surface area (Å²) in [7, 11) is 2.09. The fraction of sp³-hybridized carbons (Fsp3) is 0.571. The number of halogens is 1. The molecule has 96 valence electrons. The molecule has 17 heavy (non-hydrogen) atoms. The van der Waals surface area contributed by atoms with Crippen LogP contribution in [0, 0.1) is 5.41 Å². The zero-order valence-corrected chi connectivity index (χ0v) is 12.7. The van der Waals surface area contributed by atoms with Crippen molar-refractivity contribution in [3.8, 4) is 0 Å². The third kappa shape index (κ3) is 4.78. The SMILES string of the molecule is CC(O)C(C)(C)CN(C)Cc1ccc(Br)cc1. The van der Waals surface area contributed by atoms with E-state index in [0.717, 1.165) is 17.6 Å². The lowest BCUT2D eigenvalue weighted by molar-refractivity contribution is 0.0392. The van der Waals surface area contributed by atoms with Gasteiger partial charge in [-0.3, -0.25) is 0 Å². The van der Waals surface area contributed by atoms with Gasteiger partial charge in [0.25, 0.3) is 0 Å². The van der Waals surface area contributed by atoms with E-state index in [1.165, 1.54) is 5.56 Å². The third-order valence-electron chi connectivity index (χ3n) is 3.17. The van der Waals surface area contributed by atoms with Gasteiger partial charge in [-0.2, -0.15) is 0 Å². The molecule has 1 unspecified atom stereocenters. The molecule has 1 aromatic carbocycles. The quantitative estimate of drug-likeness (QED) is 0.902. The van der Waals surface area contributed by atoms with Crippen LogP contribution in [-0.2, 0) is 6.54 Å². The Morgan fingerprint density at radius 2 is 1.82 bits per heavy atom. The standard InChI is InChI=1S/C14H22BrNO/c1-11(17)14(2,3)10-16(4)9-12-5-7-13(15)8-6-12/h5-8,11,17H,9-10H2,1-4H3. The summed E-state index contributed by atoms with van der Waals surface area (Å²) in [5, 5.41) is 9.70. The Balaban J connectivity index is 2.55. The maximum atomic E-state index is 9.70. The minimum absolute atomic E-state index is 0.0793. The van der Waals surface area contributed by atoms with Crippen molar-refractivity contribution in [1.29, 1.82) is 0 Å². The van der Waals surface area contributed by atoms with E-state index in [1.807, 2.05) is 6.92 Å². The van der Waals surface area contributed by atoms with E-state index >= 15 is 0 Å². The Morgan fingerprint density at radius 3 is 2.29 bits per heavy atom. The molecule has 0 aliphatic carbocycles. The number of benzene rings is 1. The highest BCUT2D eigenvalue weighted by atomic mass is 79.9. The van der Waals surface area contributed by atoms with Crippen LogP contribution in [-0.4, -0.2) is 29.7 Å². The molecular formula is C14H22BrNO. The number of aliphatic hydroxyl groups is 1. The lowest BCUT2D eigenvalue weighted by atomic mass is 9.87. The molecule has 0 aliphatic heterocycles. The van der Waals surface area contributed by atoms with Gasteiger partial charge in [0, 0.05) is 23.0 Å². The first kappa shape index (κ1) is 14.7. The summed E-state index contributed by atoms with van der Waals surface area (Å²) >= 11 is 3.43. The molecule has 1 atom stereocenters. The van der Waals surface area contributed by atoms with Crippen molar-refractivity contribution in [2.75, 3.05) is 13.6 Å². The number of aliphatic hydroxyl groups excluding tert-OH is 1. The Labute approximate surface area is 113 Å². The zero-order valence-electron chi connectivity index (χ0n) is 11.1. The minimum atomic E-state index is -0.296. The van der Waals surface area contributed by atoms with Gasteiger partial charge in [-0.15, -0.1) is 0 Å². The van der Waals surface area contributed by atoms with Crippen LogP contribution in [0.15, 0.2) is 28.7 Å². The topological polar surface area (TPSA) is 23.5 Å². The van der Waals surface area contributed by atoms with Crippen LogP contribution in [0.3, 0.4) is 0 Å². The van der Waals surface area contributed by atoms with Gasteiger partial charge >= 0.3 is 0 Å². The minimum Gasteiger partial charge on any atom is -0.393 e. The summed E-state index contributed by atoms with van der Waals surface area (Å²) in [5.41, 5.74) is 1.21. The predicted molar refractivity (Wildman–Crippen MR) is 75.9 cm³/mol. The molecule has 0 saturated heterocycles. The third-order valence-corrected chi connectivity index (χ3v) is 3.70. The molecule has 3 heteroatoms. The van der Waals surface area contributed by atoms with E-state index < -0.39 is 0 Å². The van der Waals surface area contributed by atoms with Crippen molar-refractivity contribution in [1.82, 2.24) is 4.90 Å². The highest BCUT2D eigenvalue weighted by Crippen LogP contribution is 2.22. The molecule has 0 amide bonds. The van der Waals surface area contributed by atoms with Crippen LogP contribution in [0.5, 0.6) is 0 Å². The second-order valence-electron chi connectivity index (χ2n) is 5.46. The van der Waals surface area contributed by atoms with E-state index in [-0.39, 0.29) is 11.5 Å². The summed E-state index contributed by atoms with van der Waals surface area (Å²) in [5.74, 6) is 0. The predicted octanol–water partition coefficient (Wildman–Crippen LogP) is 3.29. The van der Waals surface area contributed by atoms with E-state index in [1.54, 1.807) is 0 Å². The van der Waals surface area contributed by atoms with E-state index in [9.17, 15) is 5.11 Å². The number of hydrogen-bond acceptors (Lipinski definition) is 2.